The minimum Gasteiger partial charge on any atom is -0.504 e. The maximum Gasteiger partial charge on any atom is 0.433 e. The number of phenolic OH excluding ortho intramolecular Hbond substituents is 1. The number of imide groups is 2. The van der Waals surface area contributed by atoms with Crippen LogP contribution in [-0.2, 0) is 30.8 Å². The Morgan fingerprint density at radius 3 is 2.27 bits per heavy atom. The SMILES string of the molecule is COc1ccc(C23C(=O)N(Nc4ccc(Cl)cc4Cl)C(=O)C2CC2C(=CCC4C(=O)N(N(C)c5nc(C(F)(F)F)ccc5Cl)C(=O)C42)C3c2ccc(O)c(OC)c2)cc1. The Balaban J connectivity index is 1.30. The van der Waals surface area contributed by atoms with E-state index in [0.717, 1.165) is 21.1 Å². The van der Waals surface area contributed by atoms with Crippen molar-refractivity contribution in [2.45, 2.75) is 30.4 Å². The number of benzene rings is 3. The Morgan fingerprint density at radius 1 is 0.881 bits per heavy atom. The van der Waals surface area contributed by atoms with E-state index in [-0.39, 0.29) is 40.1 Å². The normalized spacial score (nSPS) is 25.0. The Labute approximate surface area is 350 Å². The van der Waals surface area contributed by atoms with Gasteiger partial charge in [-0.15, -0.1) is 0 Å². The number of alkyl halides is 3. The summed E-state index contributed by atoms with van der Waals surface area (Å²) in [5, 5.41) is 13.5. The van der Waals surface area contributed by atoms with Crippen molar-refractivity contribution >= 4 is 69.9 Å². The van der Waals surface area contributed by atoms with Crippen molar-refractivity contribution in [3.63, 3.8) is 0 Å². The van der Waals surface area contributed by atoms with E-state index in [4.69, 9.17) is 44.3 Å². The summed E-state index contributed by atoms with van der Waals surface area (Å²) in [4.78, 5) is 63.0. The first-order chi connectivity index (χ1) is 28.0. The highest BCUT2D eigenvalue weighted by Gasteiger charge is 2.70. The fraction of sp³-hybridized carbons (Fsp3) is 0.293. The lowest BCUT2D eigenvalue weighted by atomic mass is 9.49. The Kier molecular flexibility index (Phi) is 10.00. The van der Waals surface area contributed by atoms with E-state index in [2.05, 4.69) is 10.4 Å². The molecule has 4 amide bonds. The molecule has 0 spiro atoms. The van der Waals surface area contributed by atoms with Gasteiger partial charge in [0.2, 0.25) is 0 Å². The van der Waals surface area contributed by atoms with E-state index in [0.29, 0.717) is 33.5 Å². The summed E-state index contributed by atoms with van der Waals surface area (Å²) in [7, 11) is 4.07. The number of hydrogen-bond donors (Lipinski definition) is 2. The maximum atomic E-state index is 15.5. The van der Waals surface area contributed by atoms with Crippen LogP contribution in [-0.4, -0.2) is 65.0 Å². The highest BCUT2D eigenvalue weighted by atomic mass is 35.5. The van der Waals surface area contributed by atoms with Crippen LogP contribution in [0.3, 0.4) is 0 Å². The number of aromatic hydroxyl groups is 1. The van der Waals surface area contributed by atoms with E-state index in [1.807, 2.05) is 0 Å². The van der Waals surface area contributed by atoms with E-state index < -0.39 is 76.3 Å². The molecule has 59 heavy (non-hydrogen) atoms. The predicted octanol–water partition coefficient (Wildman–Crippen LogP) is 7.82. The van der Waals surface area contributed by atoms with Crippen molar-refractivity contribution in [3.8, 4) is 17.2 Å². The minimum absolute atomic E-state index is 0.00866. The van der Waals surface area contributed by atoms with Gasteiger partial charge in [-0.25, -0.2) is 4.98 Å². The molecule has 3 fully saturated rings. The van der Waals surface area contributed by atoms with Gasteiger partial charge < -0.3 is 14.6 Å². The molecular formula is C41H33Cl3F3N5O7. The van der Waals surface area contributed by atoms with Crippen molar-refractivity contribution in [1.29, 1.82) is 0 Å². The number of ether oxygens (including phenoxy) is 2. The van der Waals surface area contributed by atoms with Crippen molar-refractivity contribution in [2.24, 2.45) is 23.7 Å². The van der Waals surface area contributed by atoms with Crippen LogP contribution in [0.4, 0.5) is 24.7 Å². The molecule has 12 nitrogen and oxygen atoms in total. The summed E-state index contributed by atoms with van der Waals surface area (Å²) in [5.74, 6) is -7.97. The third-order valence-electron chi connectivity index (χ3n) is 11.8. The number of pyridine rings is 1. The smallest absolute Gasteiger partial charge is 0.433 e. The molecule has 6 atom stereocenters. The summed E-state index contributed by atoms with van der Waals surface area (Å²) in [6, 6.07) is 17.5. The standard InChI is InChI=1S/C41H33Cl3F3N5O7/c1-50(35-27(43)12-15-32(48-35)41(45,46)47)52-36(54)24-11-10-23-25(33(24)38(52)56)18-26-37(55)51(49-29-13-7-21(42)17-28(29)44)39(57)40(26,20-5-8-22(58-2)9-6-20)34(23)19-4-14-30(53)31(16-19)59-3/h4-10,12-17,24-26,33-34,49,53H,11,18H2,1-3H3. The lowest BCUT2D eigenvalue weighted by Gasteiger charge is -2.50. The molecule has 0 bridgehead atoms. The van der Waals surface area contributed by atoms with E-state index in [1.54, 1.807) is 42.5 Å². The second kappa shape index (κ2) is 14.6. The number of carbonyl (C=O) groups excluding carboxylic acids is 4. The van der Waals surface area contributed by atoms with Crippen LogP contribution in [0.1, 0.15) is 35.6 Å². The number of methoxy groups -OCH3 is 2. The van der Waals surface area contributed by atoms with Crippen LogP contribution in [0.5, 0.6) is 17.2 Å². The highest BCUT2D eigenvalue weighted by molar-refractivity contribution is 6.36. The number of rotatable bonds is 8. The third kappa shape index (κ3) is 6.24. The van der Waals surface area contributed by atoms with Crippen LogP contribution >= 0.6 is 34.8 Å². The van der Waals surface area contributed by atoms with Crippen molar-refractivity contribution in [3.05, 3.63) is 116 Å². The first-order valence-electron chi connectivity index (χ1n) is 18.2. The summed E-state index contributed by atoms with van der Waals surface area (Å²) < 4.78 is 52.1. The number of hydrazine groups is 2. The molecule has 8 rings (SSSR count). The molecule has 3 aromatic carbocycles. The molecule has 2 aliphatic heterocycles. The van der Waals surface area contributed by atoms with Crippen LogP contribution in [0.15, 0.2) is 84.4 Å². The lowest BCUT2D eigenvalue weighted by molar-refractivity contribution is -0.142. The molecule has 3 heterocycles. The number of aromatic nitrogens is 1. The molecule has 306 valence electrons. The predicted molar refractivity (Wildman–Crippen MR) is 210 cm³/mol. The zero-order valence-electron chi connectivity index (χ0n) is 31.3. The average Bonchev–Trinajstić information content (AvgIpc) is 3.59. The number of halogens is 6. The second-order valence-electron chi connectivity index (χ2n) is 14.7. The maximum absolute atomic E-state index is 15.5. The topological polar surface area (TPSA) is 142 Å². The van der Waals surface area contributed by atoms with Crippen molar-refractivity contribution in [2.75, 3.05) is 31.7 Å². The monoisotopic (exact) mass is 869 g/mol. The average molecular weight is 871 g/mol. The van der Waals surface area contributed by atoms with E-state index in [1.165, 1.54) is 45.5 Å². The quantitative estimate of drug-likeness (QED) is 0.133. The number of hydrogen-bond acceptors (Lipinski definition) is 10. The fourth-order valence-electron chi connectivity index (χ4n) is 9.28. The Hall–Kier alpha value is -5.51. The number of amides is 4. The summed E-state index contributed by atoms with van der Waals surface area (Å²) >= 11 is 19.0. The van der Waals surface area contributed by atoms with Crippen LogP contribution in [0.2, 0.25) is 15.1 Å². The van der Waals surface area contributed by atoms with Gasteiger partial charge >= 0.3 is 6.18 Å². The van der Waals surface area contributed by atoms with Gasteiger partial charge in [-0.2, -0.15) is 23.2 Å². The Morgan fingerprint density at radius 2 is 1.61 bits per heavy atom. The molecule has 6 unspecified atom stereocenters. The van der Waals surface area contributed by atoms with Gasteiger partial charge in [0, 0.05) is 18.0 Å². The number of nitrogens with one attached hydrogen (secondary N) is 1. The number of fused-ring (bicyclic) bond motifs is 4. The highest BCUT2D eigenvalue weighted by Crippen LogP contribution is 2.64. The summed E-state index contributed by atoms with van der Waals surface area (Å²) in [6.07, 6.45) is -3.13. The fourth-order valence-corrected chi connectivity index (χ4v) is 9.96. The van der Waals surface area contributed by atoms with E-state index >= 15 is 4.79 Å². The molecule has 2 saturated heterocycles. The molecule has 4 aliphatic rings. The van der Waals surface area contributed by atoms with Gasteiger partial charge in [0.05, 0.1) is 53.1 Å². The first-order valence-corrected chi connectivity index (χ1v) is 19.3. The van der Waals surface area contributed by atoms with Crippen LogP contribution in [0.25, 0.3) is 0 Å². The molecule has 0 radical (unpaired) electrons. The lowest BCUT2D eigenvalue weighted by Crippen LogP contribution is -2.53. The molecule has 1 saturated carbocycles. The van der Waals surface area contributed by atoms with Gasteiger partial charge in [0.25, 0.3) is 23.6 Å². The van der Waals surface area contributed by atoms with Crippen LogP contribution in [0, 0.1) is 23.7 Å². The van der Waals surface area contributed by atoms with Gasteiger partial charge in [-0.05, 0) is 84.5 Å². The minimum atomic E-state index is -4.84. The zero-order chi connectivity index (χ0) is 42.3. The Bertz CT molecular complexity index is 2470. The van der Waals surface area contributed by atoms with Crippen molar-refractivity contribution in [1.82, 2.24) is 15.0 Å². The number of phenols is 1. The van der Waals surface area contributed by atoms with Gasteiger partial charge in [-0.1, -0.05) is 64.7 Å². The number of nitrogens with zero attached hydrogens (tertiary/aromatic N) is 4. The van der Waals surface area contributed by atoms with Crippen molar-refractivity contribution < 1.29 is 46.9 Å². The summed E-state index contributed by atoms with van der Waals surface area (Å²) in [5.41, 5.74) is 1.60. The second-order valence-corrected chi connectivity index (χ2v) is 15.9. The molecule has 2 N–H and O–H groups in total. The molecule has 1 aromatic heterocycles. The van der Waals surface area contributed by atoms with Gasteiger partial charge in [0.15, 0.2) is 17.3 Å². The number of carbonyl (C=O) groups is 4. The molecular weight excluding hydrogens is 838 g/mol. The molecule has 2 aliphatic carbocycles. The first kappa shape index (κ1) is 40.3. The third-order valence-corrected chi connectivity index (χ3v) is 12.7. The largest absolute Gasteiger partial charge is 0.504 e. The zero-order valence-corrected chi connectivity index (χ0v) is 33.5. The molecule has 18 heteroatoms. The van der Waals surface area contributed by atoms with Crippen LogP contribution < -0.4 is 19.9 Å². The number of allylic oxidation sites excluding steroid dienone is 2. The van der Waals surface area contributed by atoms with Gasteiger partial charge in [0.1, 0.15) is 11.4 Å². The molecule has 4 aromatic rings. The van der Waals surface area contributed by atoms with Gasteiger partial charge in [-0.3, -0.25) is 29.6 Å². The van der Waals surface area contributed by atoms with E-state index in [9.17, 15) is 32.7 Å². The number of anilines is 2. The summed E-state index contributed by atoms with van der Waals surface area (Å²) in [6.45, 7) is 0.